The number of amides is 1. The highest BCUT2D eigenvalue weighted by Crippen LogP contribution is 2.26. The Morgan fingerprint density at radius 2 is 1.97 bits per heavy atom. The number of fused-ring (bicyclic) bond motifs is 3. The quantitative estimate of drug-likeness (QED) is 0.342. The first-order chi connectivity index (χ1) is 16.0. The zero-order chi connectivity index (χ0) is 22.8. The van der Waals surface area contributed by atoms with Crippen LogP contribution in [0.4, 0.5) is 10.2 Å². The van der Waals surface area contributed by atoms with Gasteiger partial charge in [-0.3, -0.25) is 9.59 Å². The zero-order valence-electron chi connectivity index (χ0n) is 17.7. The first-order valence-electron chi connectivity index (χ1n) is 10.6. The molecule has 4 aromatic rings. The van der Waals surface area contributed by atoms with Gasteiger partial charge in [0.2, 0.25) is 5.91 Å². The Morgan fingerprint density at radius 1 is 1.12 bits per heavy atom. The SMILES string of the molecule is O=C(Cc1ccc(F)cc1)Nc1nc2ccc3cc(=O)ccc3c2[nH]c1CC1=CCC=C=C1. The van der Waals surface area contributed by atoms with Gasteiger partial charge in [-0.05, 0) is 71.5 Å². The van der Waals surface area contributed by atoms with Crippen molar-refractivity contribution in [1.29, 1.82) is 0 Å². The number of hydrogen-bond donors (Lipinski definition) is 2. The Bertz CT molecular complexity index is 1540. The van der Waals surface area contributed by atoms with Gasteiger partial charge >= 0.3 is 0 Å². The molecule has 1 heterocycles. The molecule has 0 unspecified atom stereocenters. The van der Waals surface area contributed by atoms with Crippen molar-refractivity contribution >= 4 is 33.5 Å². The summed E-state index contributed by atoms with van der Waals surface area (Å²) in [6.07, 6.45) is 7.41. The van der Waals surface area contributed by atoms with Crippen molar-refractivity contribution in [2.24, 2.45) is 0 Å². The molecule has 5 nitrogen and oxygen atoms in total. The molecule has 0 saturated heterocycles. The Kier molecular flexibility index (Phi) is 5.43. The Labute approximate surface area is 189 Å². The molecule has 0 bridgehead atoms. The topological polar surface area (TPSA) is 74.8 Å². The molecule has 0 aliphatic heterocycles. The molecule has 6 heteroatoms. The molecule has 162 valence electrons. The molecule has 33 heavy (non-hydrogen) atoms. The first kappa shape index (κ1) is 20.6. The largest absolute Gasteiger partial charge is 0.353 e. The van der Waals surface area contributed by atoms with Crippen LogP contribution in [-0.4, -0.2) is 15.9 Å². The maximum atomic E-state index is 13.2. The summed E-state index contributed by atoms with van der Waals surface area (Å²) in [4.78, 5) is 32.7. The van der Waals surface area contributed by atoms with Gasteiger partial charge in [-0.2, -0.15) is 0 Å². The van der Waals surface area contributed by atoms with Crippen molar-refractivity contribution < 1.29 is 9.18 Å². The lowest BCUT2D eigenvalue weighted by atomic mass is 10.0. The third kappa shape index (κ3) is 4.52. The molecule has 2 N–H and O–H groups in total. The molecule has 1 amide bonds. The van der Waals surface area contributed by atoms with E-state index in [0.717, 1.165) is 34.0 Å². The zero-order valence-corrected chi connectivity index (χ0v) is 17.7. The van der Waals surface area contributed by atoms with E-state index in [4.69, 9.17) is 4.98 Å². The number of rotatable bonds is 5. The summed E-state index contributed by atoms with van der Waals surface area (Å²) < 4.78 is 13.2. The van der Waals surface area contributed by atoms with E-state index in [9.17, 15) is 14.0 Å². The molecule has 1 aliphatic carbocycles. The number of carbonyl (C=O) groups excluding carboxylic acids is 1. The predicted molar refractivity (Wildman–Crippen MR) is 128 cm³/mol. The normalized spacial score (nSPS) is 12.8. The van der Waals surface area contributed by atoms with Gasteiger partial charge in [0.1, 0.15) is 5.82 Å². The lowest BCUT2D eigenvalue weighted by Gasteiger charge is -2.14. The van der Waals surface area contributed by atoms with Crippen LogP contribution in [0.3, 0.4) is 0 Å². The summed E-state index contributed by atoms with van der Waals surface area (Å²) in [5.74, 6) is -0.141. The van der Waals surface area contributed by atoms with Gasteiger partial charge in [-0.15, -0.1) is 5.73 Å². The van der Waals surface area contributed by atoms with E-state index in [0.29, 0.717) is 23.3 Å². The summed E-state index contributed by atoms with van der Waals surface area (Å²) >= 11 is 0. The number of nitrogens with one attached hydrogen (secondary N) is 2. The van der Waals surface area contributed by atoms with E-state index < -0.39 is 0 Å². The lowest BCUT2D eigenvalue weighted by molar-refractivity contribution is -0.115. The van der Waals surface area contributed by atoms with Gasteiger partial charge in [0, 0.05) is 11.8 Å². The highest BCUT2D eigenvalue weighted by Gasteiger charge is 2.14. The molecule has 0 fully saturated rings. The minimum atomic E-state index is -0.341. The molecule has 1 aliphatic rings. The number of carbonyl (C=O) groups is 1. The summed E-state index contributed by atoms with van der Waals surface area (Å²) in [6, 6.07) is 14.5. The number of aromatic amines is 1. The number of halogens is 1. The van der Waals surface area contributed by atoms with Crippen LogP contribution >= 0.6 is 0 Å². The first-order valence-corrected chi connectivity index (χ1v) is 10.6. The fourth-order valence-corrected chi connectivity index (χ4v) is 3.94. The van der Waals surface area contributed by atoms with Gasteiger partial charge < -0.3 is 10.3 Å². The number of hydrogen-bond acceptors (Lipinski definition) is 3. The molecule has 0 atom stereocenters. The number of benzene rings is 3. The van der Waals surface area contributed by atoms with Crippen molar-refractivity contribution in [3.8, 4) is 0 Å². The Hall–Kier alpha value is -4.28. The van der Waals surface area contributed by atoms with Crippen LogP contribution in [0.5, 0.6) is 0 Å². The van der Waals surface area contributed by atoms with E-state index in [-0.39, 0.29) is 23.6 Å². The van der Waals surface area contributed by atoms with Crippen molar-refractivity contribution in [1.82, 2.24) is 9.97 Å². The van der Waals surface area contributed by atoms with E-state index in [2.05, 4.69) is 22.1 Å². The summed E-state index contributed by atoms with van der Waals surface area (Å²) in [5, 5.41) is 4.63. The smallest absolute Gasteiger partial charge is 0.229 e. The predicted octanol–water partition coefficient (Wildman–Crippen LogP) is 4.98. The average Bonchev–Trinajstić information content (AvgIpc) is 2.81. The Morgan fingerprint density at radius 3 is 2.76 bits per heavy atom. The van der Waals surface area contributed by atoms with E-state index >= 15 is 0 Å². The highest BCUT2D eigenvalue weighted by atomic mass is 19.1. The van der Waals surface area contributed by atoms with Crippen molar-refractivity contribution in [2.45, 2.75) is 19.3 Å². The van der Waals surface area contributed by atoms with Crippen LogP contribution in [0.1, 0.15) is 17.7 Å². The number of anilines is 1. The summed E-state index contributed by atoms with van der Waals surface area (Å²) in [7, 11) is 0. The van der Waals surface area contributed by atoms with Gasteiger partial charge in [0.15, 0.2) is 11.2 Å². The second-order valence-corrected chi connectivity index (χ2v) is 7.96. The van der Waals surface area contributed by atoms with Gasteiger partial charge in [0.05, 0.1) is 23.1 Å². The fourth-order valence-electron chi connectivity index (χ4n) is 3.94. The van der Waals surface area contributed by atoms with E-state index in [1.807, 2.05) is 24.3 Å². The molecule has 0 radical (unpaired) electrons. The summed E-state index contributed by atoms with van der Waals surface area (Å²) in [5.41, 5.74) is 7.07. The monoisotopic (exact) mass is 437 g/mol. The standard InChI is InChI=1S/C27H20FN3O2/c28-20-9-6-18(7-10-20)15-25(33)31-27-24(14-17-4-2-1-3-5-17)29-26-22-12-11-21(32)16-19(22)8-13-23(26)30-27/h1,4-13,16,29H,2,14-15H2,(H,31,33). The third-order valence-corrected chi connectivity index (χ3v) is 5.56. The third-order valence-electron chi connectivity index (χ3n) is 5.56. The number of allylic oxidation sites excluding steroid dienone is 3. The van der Waals surface area contributed by atoms with Crippen LogP contribution in [0.2, 0.25) is 0 Å². The van der Waals surface area contributed by atoms with Gasteiger partial charge in [-0.1, -0.05) is 24.3 Å². The minimum Gasteiger partial charge on any atom is -0.353 e. The molecular formula is C27H20FN3O2. The number of H-pyrrole nitrogens is 1. The molecular weight excluding hydrogens is 417 g/mol. The van der Waals surface area contributed by atoms with E-state index in [1.165, 1.54) is 18.2 Å². The molecule has 5 rings (SSSR count). The average molecular weight is 437 g/mol. The van der Waals surface area contributed by atoms with Gasteiger partial charge in [-0.25, -0.2) is 9.37 Å². The summed E-state index contributed by atoms with van der Waals surface area (Å²) in [6.45, 7) is 0. The van der Waals surface area contributed by atoms with Crippen LogP contribution in [0.15, 0.2) is 88.9 Å². The van der Waals surface area contributed by atoms with E-state index in [1.54, 1.807) is 24.3 Å². The van der Waals surface area contributed by atoms with Crippen LogP contribution in [0, 0.1) is 5.82 Å². The van der Waals surface area contributed by atoms with Crippen LogP contribution < -0.4 is 10.7 Å². The van der Waals surface area contributed by atoms with Crippen molar-refractivity contribution in [2.75, 3.05) is 5.32 Å². The lowest BCUT2D eigenvalue weighted by Crippen LogP contribution is -2.18. The van der Waals surface area contributed by atoms with Crippen LogP contribution in [-0.2, 0) is 17.6 Å². The van der Waals surface area contributed by atoms with Crippen molar-refractivity contribution in [3.05, 3.63) is 111 Å². The number of nitrogens with zero attached hydrogens (tertiary/aromatic N) is 1. The maximum Gasteiger partial charge on any atom is 0.229 e. The second kappa shape index (κ2) is 8.69. The Balaban J connectivity index is 1.55. The fraction of sp³-hybridized carbons (Fsp3) is 0.111. The van der Waals surface area contributed by atoms with Crippen molar-refractivity contribution in [3.63, 3.8) is 0 Å². The minimum absolute atomic E-state index is 0.0519. The maximum absolute atomic E-state index is 13.2. The second-order valence-electron chi connectivity index (χ2n) is 7.96. The molecule has 3 aromatic carbocycles. The molecule has 0 spiro atoms. The highest BCUT2D eigenvalue weighted by molar-refractivity contribution is 6.04. The molecule has 0 saturated carbocycles. The van der Waals surface area contributed by atoms with Crippen LogP contribution in [0.25, 0.3) is 21.8 Å². The number of aromatic nitrogens is 2. The molecule has 1 aromatic heterocycles. The van der Waals surface area contributed by atoms with Gasteiger partial charge in [0.25, 0.3) is 0 Å².